The van der Waals surface area contributed by atoms with E-state index in [-0.39, 0.29) is 23.9 Å². The largest absolute Gasteiger partial charge is 0.481 e. The van der Waals surface area contributed by atoms with Crippen molar-refractivity contribution in [2.75, 3.05) is 6.79 Å². The zero-order valence-corrected chi connectivity index (χ0v) is 8.37. The molecule has 0 bridgehead atoms. The first-order valence-corrected chi connectivity index (χ1v) is 4.59. The van der Waals surface area contributed by atoms with Crippen LogP contribution in [0.1, 0.15) is 11.1 Å². The summed E-state index contributed by atoms with van der Waals surface area (Å²) in [6.45, 7) is -0.297. The van der Waals surface area contributed by atoms with Gasteiger partial charge in [-0.05, 0) is 17.7 Å². The van der Waals surface area contributed by atoms with E-state index in [0.717, 1.165) is 6.07 Å². The van der Waals surface area contributed by atoms with Crippen molar-refractivity contribution in [3.8, 4) is 11.5 Å². The van der Waals surface area contributed by atoms with Crippen LogP contribution in [0.2, 0.25) is 0 Å². The minimum atomic E-state index is -4.60. The molecule has 1 heterocycles. The van der Waals surface area contributed by atoms with Crippen LogP contribution >= 0.6 is 0 Å². The summed E-state index contributed by atoms with van der Waals surface area (Å²) in [5, 5.41) is 8.56. The van der Waals surface area contributed by atoms with Gasteiger partial charge in [-0.15, -0.1) is 0 Å². The van der Waals surface area contributed by atoms with Crippen LogP contribution < -0.4 is 9.47 Å². The van der Waals surface area contributed by atoms with Gasteiger partial charge in [0.1, 0.15) is 5.56 Å². The normalized spacial score (nSPS) is 13.8. The molecular formula is C10H7F3O4. The van der Waals surface area contributed by atoms with E-state index in [9.17, 15) is 18.0 Å². The van der Waals surface area contributed by atoms with Crippen molar-refractivity contribution in [3.05, 3.63) is 23.3 Å². The topological polar surface area (TPSA) is 55.8 Å². The average Bonchev–Trinajstić information content (AvgIpc) is 2.61. The Hall–Kier alpha value is -1.92. The standard InChI is InChI=1S/C10H7F3O4/c11-10(12,13)6-1-5(3-8(14)15)2-7-9(6)17-4-16-7/h1-2H,3-4H2,(H,14,15). The molecule has 0 spiro atoms. The molecule has 92 valence electrons. The SMILES string of the molecule is O=C(O)Cc1cc2c(c(C(F)(F)F)c1)OCO2. The van der Waals surface area contributed by atoms with E-state index in [1.54, 1.807) is 0 Å². The second-order valence-corrected chi connectivity index (χ2v) is 3.45. The van der Waals surface area contributed by atoms with E-state index in [4.69, 9.17) is 14.6 Å². The fourth-order valence-electron chi connectivity index (χ4n) is 1.55. The first-order valence-electron chi connectivity index (χ1n) is 4.59. The number of hydrogen-bond donors (Lipinski definition) is 1. The first kappa shape index (κ1) is 11.6. The Balaban J connectivity index is 2.50. The first-order chi connectivity index (χ1) is 7.88. The maximum absolute atomic E-state index is 12.7. The summed E-state index contributed by atoms with van der Waals surface area (Å²) in [5.74, 6) is -1.67. The summed E-state index contributed by atoms with van der Waals surface area (Å²) < 4.78 is 47.6. The molecule has 2 rings (SSSR count). The number of rotatable bonds is 2. The molecule has 0 amide bonds. The molecule has 0 aromatic heterocycles. The predicted octanol–water partition coefficient (Wildman–Crippen LogP) is 2.06. The molecule has 0 atom stereocenters. The Morgan fingerprint density at radius 2 is 2.06 bits per heavy atom. The number of ether oxygens (including phenoxy) is 2. The van der Waals surface area contributed by atoms with Crippen LogP contribution in [0.3, 0.4) is 0 Å². The monoisotopic (exact) mass is 248 g/mol. The number of carbonyl (C=O) groups is 1. The van der Waals surface area contributed by atoms with Gasteiger partial charge < -0.3 is 14.6 Å². The smallest absolute Gasteiger partial charge is 0.420 e. The number of carboxylic acids is 1. The summed E-state index contributed by atoms with van der Waals surface area (Å²) in [6.07, 6.45) is -5.11. The van der Waals surface area contributed by atoms with E-state index in [2.05, 4.69) is 0 Å². The van der Waals surface area contributed by atoms with E-state index in [1.807, 2.05) is 0 Å². The van der Waals surface area contributed by atoms with Gasteiger partial charge in [0.2, 0.25) is 6.79 Å². The van der Waals surface area contributed by atoms with E-state index < -0.39 is 24.1 Å². The van der Waals surface area contributed by atoms with Crippen LogP contribution in [0.4, 0.5) is 13.2 Å². The zero-order valence-electron chi connectivity index (χ0n) is 8.37. The Kier molecular flexibility index (Phi) is 2.60. The maximum atomic E-state index is 12.7. The number of benzene rings is 1. The molecule has 0 saturated heterocycles. The van der Waals surface area contributed by atoms with Crippen molar-refractivity contribution >= 4 is 5.97 Å². The van der Waals surface area contributed by atoms with Gasteiger partial charge in [-0.3, -0.25) is 4.79 Å². The highest BCUT2D eigenvalue weighted by Crippen LogP contribution is 2.44. The lowest BCUT2D eigenvalue weighted by atomic mass is 10.1. The molecule has 1 aromatic carbocycles. The van der Waals surface area contributed by atoms with Crippen LogP contribution in [0.15, 0.2) is 12.1 Å². The third-order valence-electron chi connectivity index (χ3n) is 2.19. The van der Waals surface area contributed by atoms with Crippen molar-refractivity contribution in [1.82, 2.24) is 0 Å². The molecule has 7 heteroatoms. The second kappa shape index (κ2) is 3.83. The van der Waals surface area contributed by atoms with Gasteiger partial charge in [-0.25, -0.2) is 0 Å². The summed E-state index contributed by atoms with van der Waals surface area (Å²) >= 11 is 0. The molecule has 0 fully saturated rings. The lowest BCUT2D eigenvalue weighted by Crippen LogP contribution is -2.08. The van der Waals surface area contributed by atoms with E-state index >= 15 is 0 Å². The predicted molar refractivity (Wildman–Crippen MR) is 48.9 cm³/mol. The maximum Gasteiger partial charge on any atom is 0.420 e. The van der Waals surface area contributed by atoms with Crippen LogP contribution in [0.25, 0.3) is 0 Å². The number of aliphatic carboxylic acids is 1. The fraction of sp³-hybridized carbons (Fsp3) is 0.300. The summed E-state index contributed by atoms with van der Waals surface area (Å²) in [7, 11) is 0. The number of alkyl halides is 3. The zero-order chi connectivity index (χ0) is 12.6. The van der Waals surface area contributed by atoms with Crippen molar-refractivity contribution in [2.45, 2.75) is 12.6 Å². The molecule has 0 radical (unpaired) electrons. The summed E-state index contributed by atoms with van der Waals surface area (Å²) in [5.41, 5.74) is -0.988. The van der Waals surface area contributed by atoms with Gasteiger partial charge >= 0.3 is 12.1 Å². The Morgan fingerprint density at radius 3 is 2.65 bits per heavy atom. The number of carboxylic acid groups (broad SMARTS) is 1. The molecule has 1 aromatic rings. The van der Waals surface area contributed by atoms with Crippen LogP contribution in [0, 0.1) is 0 Å². The third kappa shape index (κ3) is 2.27. The Morgan fingerprint density at radius 1 is 1.35 bits per heavy atom. The lowest BCUT2D eigenvalue weighted by Gasteiger charge is -2.11. The third-order valence-corrected chi connectivity index (χ3v) is 2.19. The molecular weight excluding hydrogens is 241 g/mol. The molecule has 1 aliphatic rings. The van der Waals surface area contributed by atoms with Crippen LogP contribution in [-0.4, -0.2) is 17.9 Å². The van der Waals surface area contributed by atoms with Gasteiger partial charge in [0.05, 0.1) is 6.42 Å². The summed E-state index contributed by atoms with van der Waals surface area (Å²) in [4.78, 5) is 10.5. The molecule has 1 aliphatic heterocycles. The number of hydrogen-bond acceptors (Lipinski definition) is 3. The Bertz CT molecular complexity index is 467. The quantitative estimate of drug-likeness (QED) is 0.870. The summed E-state index contributed by atoms with van der Waals surface area (Å²) in [6, 6.07) is 2.01. The molecule has 0 saturated carbocycles. The van der Waals surface area contributed by atoms with Crippen molar-refractivity contribution in [1.29, 1.82) is 0 Å². The second-order valence-electron chi connectivity index (χ2n) is 3.45. The van der Waals surface area contributed by atoms with Crippen molar-refractivity contribution < 1.29 is 32.5 Å². The number of halogens is 3. The molecule has 0 aliphatic carbocycles. The van der Waals surface area contributed by atoms with E-state index in [0.29, 0.717) is 0 Å². The minimum Gasteiger partial charge on any atom is -0.481 e. The van der Waals surface area contributed by atoms with Gasteiger partial charge in [-0.2, -0.15) is 13.2 Å². The lowest BCUT2D eigenvalue weighted by molar-refractivity contribution is -0.139. The van der Waals surface area contributed by atoms with Crippen LogP contribution in [0.5, 0.6) is 11.5 Å². The highest BCUT2D eigenvalue weighted by atomic mass is 19.4. The fourth-order valence-corrected chi connectivity index (χ4v) is 1.55. The van der Waals surface area contributed by atoms with Crippen molar-refractivity contribution in [3.63, 3.8) is 0 Å². The van der Waals surface area contributed by atoms with Gasteiger partial charge in [0, 0.05) is 0 Å². The number of fused-ring (bicyclic) bond motifs is 1. The minimum absolute atomic E-state index is 0.0223. The molecule has 17 heavy (non-hydrogen) atoms. The van der Waals surface area contributed by atoms with Crippen LogP contribution in [-0.2, 0) is 17.4 Å². The van der Waals surface area contributed by atoms with E-state index in [1.165, 1.54) is 6.07 Å². The highest BCUT2D eigenvalue weighted by molar-refractivity contribution is 5.71. The van der Waals surface area contributed by atoms with Gasteiger partial charge in [0.15, 0.2) is 11.5 Å². The van der Waals surface area contributed by atoms with Crippen molar-refractivity contribution in [2.24, 2.45) is 0 Å². The molecule has 1 N–H and O–H groups in total. The van der Waals surface area contributed by atoms with Gasteiger partial charge in [0.25, 0.3) is 0 Å². The average molecular weight is 248 g/mol. The van der Waals surface area contributed by atoms with Gasteiger partial charge in [-0.1, -0.05) is 0 Å². The molecule has 0 unspecified atom stereocenters. The molecule has 4 nitrogen and oxygen atoms in total. The highest BCUT2D eigenvalue weighted by Gasteiger charge is 2.38. The Labute approximate surface area is 93.6 Å².